The Labute approximate surface area is 190 Å². The molecule has 1 N–H and O–H groups in total. The van der Waals surface area contributed by atoms with Crippen molar-refractivity contribution in [3.05, 3.63) is 53.1 Å². The van der Waals surface area contributed by atoms with E-state index in [1.165, 1.54) is 16.4 Å². The Balaban J connectivity index is 1.43. The second-order valence-electron chi connectivity index (χ2n) is 8.33. The fraction of sp³-hybridized carbons (Fsp3) is 0.458. The number of benzene rings is 2. The van der Waals surface area contributed by atoms with Crippen molar-refractivity contribution in [3.63, 3.8) is 0 Å². The molecular formula is C24H32N2O5S. The normalized spacial score (nSPS) is 15.0. The quantitative estimate of drug-likeness (QED) is 0.610. The van der Waals surface area contributed by atoms with Crippen LogP contribution in [0.1, 0.15) is 36.0 Å². The molecule has 3 rings (SSSR count). The molecular weight excluding hydrogens is 428 g/mol. The molecule has 0 saturated carbocycles. The Hall–Kier alpha value is -2.58. The van der Waals surface area contributed by atoms with E-state index >= 15 is 0 Å². The van der Waals surface area contributed by atoms with Gasteiger partial charge in [-0.05, 0) is 68.5 Å². The zero-order valence-corrected chi connectivity index (χ0v) is 19.8. The van der Waals surface area contributed by atoms with E-state index in [0.29, 0.717) is 26.1 Å². The van der Waals surface area contributed by atoms with Crippen molar-refractivity contribution in [1.82, 2.24) is 9.21 Å². The molecule has 0 aromatic heterocycles. The summed E-state index contributed by atoms with van der Waals surface area (Å²) in [7, 11) is -3.79. The van der Waals surface area contributed by atoms with E-state index in [9.17, 15) is 18.3 Å². The zero-order valence-electron chi connectivity index (χ0n) is 19.0. The van der Waals surface area contributed by atoms with E-state index in [-0.39, 0.29) is 29.6 Å². The van der Waals surface area contributed by atoms with Crippen LogP contribution in [0.25, 0.3) is 0 Å². The van der Waals surface area contributed by atoms with Crippen LogP contribution in [-0.2, 0) is 14.8 Å². The molecule has 2 aromatic carbocycles. The Morgan fingerprint density at radius 1 is 0.969 bits per heavy atom. The number of hydrogen-bond acceptors (Lipinski definition) is 5. The van der Waals surface area contributed by atoms with Crippen molar-refractivity contribution in [3.8, 4) is 11.5 Å². The third-order valence-corrected chi connectivity index (χ3v) is 7.64. The molecule has 0 aliphatic carbocycles. The predicted octanol–water partition coefficient (Wildman–Crippen LogP) is 3.40. The highest BCUT2D eigenvalue weighted by atomic mass is 32.2. The summed E-state index contributed by atoms with van der Waals surface area (Å²) < 4.78 is 33.0. The maximum absolute atomic E-state index is 12.9. The van der Waals surface area contributed by atoms with Gasteiger partial charge in [0, 0.05) is 32.6 Å². The van der Waals surface area contributed by atoms with Crippen molar-refractivity contribution in [1.29, 1.82) is 0 Å². The van der Waals surface area contributed by atoms with Gasteiger partial charge in [0.1, 0.15) is 16.4 Å². The van der Waals surface area contributed by atoms with Gasteiger partial charge in [-0.3, -0.25) is 4.79 Å². The van der Waals surface area contributed by atoms with Crippen LogP contribution >= 0.6 is 0 Å². The first kappa shape index (κ1) is 24.1. The number of phenols is 1. The van der Waals surface area contributed by atoms with Crippen LogP contribution in [-0.4, -0.2) is 61.4 Å². The first-order valence-electron chi connectivity index (χ1n) is 11.0. The molecule has 7 nitrogen and oxygen atoms in total. The number of aryl methyl sites for hydroxylation is 3. The van der Waals surface area contributed by atoms with Gasteiger partial charge in [0.25, 0.3) is 0 Å². The van der Waals surface area contributed by atoms with Gasteiger partial charge in [-0.2, -0.15) is 4.31 Å². The summed E-state index contributed by atoms with van der Waals surface area (Å²) in [5.74, 6) is 0.665. The molecule has 1 aliphatic rings. The van der Waals surface area contributed by atoms with Gasteiger partial charge in [-0.1, -0.05) is 18.2 Å². The van der Waals surface area contributed by atoms with Gasteiger partial charge in [-0.15, -0.1) is 0 Å². The SMILES string of the molecule is Cc1ccc(C)c(OCCCCC(=O)N2CCN(S(=O)(=O)c3cc(C)ccc3O)CC2)c1. The van der Waals surface area contributed by atoms with Gasteiger partial charge in [-0.25, -0.2) is 8.42 Å². The Kier molecular flexibility index (Phi) is 7.79. The number of ether oxygens (including phenoxy) is 1. The molecule has 1 heterocycles. The number of aromatic hydroxyl groups is 1. The van der Waals surface area contributed by atoms with Gasteiger partial charge < -0.3 is 14.7 Å². The molecule has 8 heteroatoms. The van der Waals surface area contributed by atoms with Crippen molar-refractivity contribution in [2.75, 3.05) is 32.8 Å². The van der Waals surface area contributed by atoms with Crippen molar-refractivity contribution < 1.29 is 23.1 Å². The predicted molar refractivity (Wildman–Crippen MR) is 123 cm³/mol. The topological polar surface area (TPSA) is 87.2 Å². The second kappa shape index (κ2) is 10.4. The highest BCUT2D eigenvalue weighted by Crippen LogP contribution is 2.27. The van der Waals surface area contributed by atoms with E-state index in [2.05, 4.69) is 6.07 Å². The third-order valence-electron chi connectivity index (χ3n) is 5.71. The monoisotopic (exact) mass is 460 g/mol. The maximum atomic E-state index is 12.9. The van der Waals surface area contributed by atoms with Crippen LogP contribution in [0.3, 0.4) is 0 Å². The number of nitrogens with zero attached hydrogens (tertiary/aromatic N) is 2. The van der Waals surface area contributed by atoms with Crippen molar-refractivity contribution >= 4 is 15.9 Å². The lowest BCUT2D eigenvalue weighted by atomic mass is 10.1. The number of unbranched alkanes of at least 4 members (excludes halogenated alkanes) is 1. The second-order valence-corrected chi connectivity index (χ2v) is 10.2. The van der Waals surface area contributed by atoms with Gasteiger partial charge in [0.2, 0.25) is 15.9 Å². The van der Waals surface area contributed by atoms with Crippen LogP contribution in [0, 0.1) is 20.8 Å². The molecule has 0 radical (unpaired) electrons. The fourth-order valence-electron chi connectivity index (χ4n) is 3.73. The lowest BCUT2D eigenvalue weighted by molar-refractivity contribution is -0.132. The van der Waals surface area contributed by atoms with Gasteiger partial charge in [0.05, 0.1) is 6.61 Å². The molecule has 174 valence electrons. The lowest BCUT2D eigenvalue weighted by Gasteiger charge is -2.34. The van der Waals surface area contributed by atoms with Crippen LogP contribution in [0.15, 0.2) is 41.3 Å². The van der Waals surface area contributed by atoms with Crippen molar-refractivity contribution in [2.24, 2.45) is 0 Å². The number of carbonyl (C=O) groups is 1. The van der Waals surface area contributed by atoms with E-state index in [0.717, 1.165) is 35.3 Å². The van der Waals surface area contributed by atoms with Gasteiger partial charge >= 0.3 is 0 Å². The van der Waals surface area contributed by atoms with Crippen molar-refractivity contribution in [2.45, 2.75) is 44.9 Å². The molecule has 1 aliphatic heterocycles. The number of rotatable bonds is 8. The van der Waals surface area contributed by atoms with Crippen LogP contribution in [0.2, 0.25) is 0 Å². The summed E-state index contributed by atoms with van der Waals surface area (Å²) in [6.45, 7) is 7.52. The number of hydrogen-bond donors (Lipinski definition) is 1. The van der Waals surface area contributed by atoms with E-state index in [1.807, 2.05) is 26.0 Å². The van der Waals surface area contributed by atoms with Crippen LogP contribution in [0.4, 0.5) is 0 Å². The number of amides is 1. The van der Waals surface area contributed by atoms with Crippen LogP contribution in [0.5, 0.6) is 11.5 Å². The molecule has 0 unspecified atom stereocenters. The van der Waals surface area contributed by atoms with Crippen LogP contribution < -0.4 is 4.74 Å². The highest BCUT2D eigenvalue weighted by molar-refractivity contribution is 7.89. The average molecular weight is 461 g/mol. The summed E-state index contributed by atoms with van der Waals surface area (Å²) >= 11 is 0. The third kappa shape index (κ3) is 5.81. The zero-order chi connectivity index (χ0) is 23.3. The minimum atomic E-state index is -3.79. The summed E-state index contributed by atoms with van der Waals surface area (Å²) in [4.78, 5) is 14.2. The first-order chi connectivity index (χ1) is 15.2. The lowest BCUT2D eigenvalue weighted by Crippen LogP contribution is -2.50. The Bertz CT molecular complexity index is 1060. The number of piperazine rings is 1. The molecule has 1 saturated heterocycles. The summed E-state index contributed by atoms with van der Waals surface area (Å²) in [6, 6.07) is 10.6. The summed E-state index contributed by atoms with van der Waals surface area (Å²) in [5, 5.41) is 10.0. The summed E-state index contributed by atoms with van der Waals surface area (Å²) in [6.07, 6.45) is 1.92. The Morgan fingerprint density at radius 2 is 1.62 bits per heavy atom. The minimum absolute atomic E-state index is 0.0344. The Morgan fingerprint density at radius 3 is 2.34 bits per heavy atom. The van der Waals surface area contributed by atoms with E-state index in [4.69, 9.17) is 4.74 Å². The molecule has 0 atom stereocenters. The van der Waals surface area contributed by atoms with Gasteiger partial charge in [0.15, 0.2) is 0 Å². The molecule has 2 aromatic rings. The highest BCUT2D eigenvalue weighted by Gasteiger charge is 2.31. The number of sulfonamides is 1. The molecule has 0 spiro atoms. The number of phenolic OH excluding ortho intramolecular Hbond substituents is 1. The molecule has 1 amide bonds. The molecule has 32 heavy (non-hydrogen) atoms. The minimum Gasteiger partial charge on any atom is -0.507 e. The van der Waals surface area contributed by atoms with E-state index in [1.54, 1.807) is 17.9 Å². The fourth-order valence-corrected chi connectivity index (χ4v) is 5.32. The average Bonchev–Trinajstić information content (AvgIpc) is 2.77. The number of carbonyl (C=O) groups excluding carboxylic acids is 1. The largest absolute Gasteiger partial charge is 0.507 e. The smallest absolute Gasteiger partial charge is 0.246 e. The first-order valence-corrected chi connectivity index (χ1v) is 12.4. The maximum Gasteiger partial charge on any atom is 0.246 e. The summed E-state index contributed by atoms with van der Waals surface area (Å²) in [5.41, 5.74) is 3.01. The van der Waals surface area contributed by atoms with E-state index < -0.39 is 10.0 Å². The molecule has 0 bridgehead atoms. The standard InChI is InChI=1S/C24H32N2O5S/c1-18-7-9-20(3)22(16-18)31-15-5-4-6-24(28)25-11-13-26(14-12-25)32(29,30)23-17-19(2)8-10-21(23)27/h7-10,16-17,27H,4-6,11-15H2,1-3H3. The molecule has 1 fully saturated rings.